The molecule has 76 valence electrons. The van der Waals surface area contributed by atoms with E-state index in [0.29, 0.717) is 0 Å². The molecular formula is C6H7Cl3O2S2. The third-order valence-corrected chi connectivity index (χ3v) is 5.74. The Hall–Kier alpha value is 0.910. The molecule has 0 aromatic carbocycles. The summed E-state index contributed by atoms with van der Waals surface area (Å²) in [6, 6.07) is 0. The van der Waals surface area contributed by atoms with Gasteiger partial charge in [0.05, 0.1) is 0 Å². The van der Waals surface area contributed by atoms with Gasteiger partial charge >= 0.3 is 0 Å². The summed E-state index contributed by atoms with van der Waals surface area (Å²) in [5, 5.41) is -0.837. The van der Waals surface area contributed by atoms with Crippen LogP contribution in [0.3, 0.4) is 0 Å². The lowest BCUT2D eigenvalue weighted by molar-refractivity contribution is -0.113. The predicted molar refractivity (Wildman–Crippen MR) is 60.6 cm³/mol. The van der Waals surface area contributed by atoms with Crippen molar-refractivity contribution in [3.8, 4) is 0 Å². The minimum Gasteiger partial charge on any atom is -0.287 e. The second-order valence-electron chi connectivity index (χ2n) is 2.34. The topological polar surface area (TPSA) is 34.1 Å². The zero-order chi connectivity index (χ0) is 10.6. The van der Waals surface area contributed by atoms with Gasteiger partial charge in [-0.1, -0.05) is 10.8 Å². The van der Waals surface area contributed by atoms with Crippen molar-refractivity contribution in [1.82, 2.24) is 0 Å². The molecule has 7 heteroatoms. The van der Waals surface area contributed by atoms with Crippen LogP contribution in [-0.2, 0) is 9.59 Å². The molecule has 0 fully saturated rings. The monoisotopic (exact) mass is 280 g/mol. The molecule has 0 aliphatic carbocycles. The lowest BCUT2D eigenvalue weighted by Crippen LogP contribution is -2.33. The first-order valence-electron chi connectivity index (χ1n) is 3.15. The Balaban J connectivity index is 4.17. The molecule has 0 aromatic heterocycles. The minimum absolute atomic E-state index is 0.106. The van der Waals surface area contributed by atoms with Gasteiger partial charge in [-0.2, -0.15) is 0 Å². The van der Waals surface area contributed by atoms with Crippen molar-refractivity contribution in [2.45, 2.75) is 23.4 Å². The van der Waals surface area contributed by atoms with Gasteiger partial charge in [0.2, 0.25) is 5.24 Å². The van der Waals surface area contributed by atoms with Crippen molar-refractivity contribution in [2.24, 2.45) is 0 Å². The second kappa shape index (κ2) is 5.71. The molecule has 0 aliphatic rings. The molecule has 0 amide bonds. The van der Waals surface area contributed by atoms with Crippen LogP contribution in [0.2, 0.25) is 0 Å². The van der Waals surface area contributed by atoms with Crippen molar-refractivity contribution in [3.63, 3.8) is 0 Å². The standard InChI is InChI=1S/C6H7Cl3O2S2/c1-3(10)12-13-5(8)6(2,9)4(7)11/h5H,1-2H3. The van der Waals surface area contributed by atoms with E-state index in [0.717, 1.165) is 21.6 Å². The third-order valence-electron chi connectivity index (χ3n) is 1.06. The molecule has 0 rings (SSSR count). The number of carbonyl (C=O) groups excluding carboxylic acids is 2. The maximum absolute atomic E-state index is 10.8. The number of rotatable bonds is 4. The van der Waals surface area contributed by atoms with Crippen LogP contribution in [0.1, 0.15) is 13.8 Å². The van der Waals surface area contributed by atoms with Crippen molar-refractivity contribution in [3.05, 3.63) is 0 Å². The van der Waals surface area contributed by atoms with Crippen molar-refractivity contribution in [2.75, 3.05) is 0 Å². The normalized spacial score (nSPS) is 17.6. The summed E-state index contributed by atoms with van der Waals surface area (Å²) in [7, 11) is 1.95. The van der Waals surface area contributed by atoms with Crippen LogP contribution in [0.15, 0.2) is 0 Å². The summed E-state index contributed by atoms with van der Waals surface area (Å²) in [5.74, 6) is 0. The quantitative estimate of drug-likeness (QED) is 0.450. The van der Waals surface area contributed by atoms with Gasteiger partial charge in [0, 0.05) is 6.92 Å². The maximum Gasteiger partial charge on any atom is 0.244 e. The van der Waals surface area contributed by atoms with Crippen LogP contribution < -0.4 is 0 Å². The number of alkyl halides is 2. The third kappa shape index (κ3) is 4.79. The van der Waals surface area contributed by atoms with Gasteiger partial charge in [0.1, 0.15) is 9.58 Å². The number of halogens is 3. The van der Waals surface area contributed by atoms with E-state index in [4.69, 9.17) is 34.8 Å². The number of carbonyl (C=O) groups is 2. The van der Waals surface area contributed by atoms with Gasteiger partial charge < -0.3 is 0 Å². The van der Waals surface area contributed by atoms with E-state index >= 15 is 0 Å². The van der Waals surface area contributed by atoms with Crippen molar-refractivity contribution >= 4 is 66.7 Å². The first kappa shape index (κ1) is 13.9. The molecule has 0 saturated carbocycles. The lowest BCUT2D eigenvalue weighted by atomic mass is 10.2. The van der Waals surface area contributed by atoms with E-state index in [1.54, 1.807) is 0 Å². The molecule has 0 aliphatic heterocycles. The number of hydrogen-bond donors (Lipinski definition) is 0. The highest BCUT2D eigenvalue weighted by Gasteiger charge is 2.38. The first-order valence-corrected chi connectivity index (χ1v) is 6.55. The van der Waals surface area contributed by atoms with E-state index in [9.17, 15) is 9.59 Å². The van der Waals surface area contributed by atoms with Crippen LogP contribution in [0.25, 0.3) is 0 Å². The minimum atomic E-state index is -1.35. The SMILES string of the molecule is CC(=O)SSC(Cl)C(C)(Cl)C(=O)Cl. The summed E-state index contributed by atoms with van der Waals surface area (Å²) >= 11 is 16.7. The van der Waals surface area contributed by atoms with Crippen molar-refractivity contribution < 1.29 is 9.59 Å². The summed E-state index contributed by atoms with van der Waals surface area (Å²) in [6.07, 6.45) is 0. The van der Waals surface area contributed by atoms with E-state index in [-0.39, 0.29) is 5.12 Å². The van der Waals surface area contributed by atoms with Crippen LogP contribution >= 0.6 is 56.4 Å². The summed E-state index contributed by atoms with van der Waals surface area (Å²) < 4.78 is -0.743. The van der Waals surface area contributed by atoms with E-state index in [1.807, 2.05) is 0 Å². The molecule has 0 saturated heterocycles. The Morgan fingerprint density at radius 3 is 2.23 bits per heavy atom. The highest BCUT2D eigenvalue weighted by Crippen LogP contribution is 2.40. The molecule has 0 N–H and O–H groups in total. The molecule has 0 radical (unpaired) electrons. The molecular weight excluding hydrogens is 275 g/mol. The number of hydrogen-bond acceptors (Lipinski definition) is 4. The largest absolute Gasteiger partial charge is 0.287 e. The van der Waals surface area contributed by atoms with Crippen LogP contribution in [0, 0.1) is 0 Å². The van der Waals surface area contributed by atoms with Gasteiger partial charge in [-0.15, -0.1) is 23.2 Å². The fourth-order valence-corrected chi connectivity index (χ4v) is 2.98. The van der Waals surface area contributed by atoms with Crippen LogP contribution in [0.5, 0.6) is 0 Å². The highest BCUT2D eigenvalue weighted by atomic mass is 35.5. The summed E-state index contributed by atoms with van der Waals surface area (Å²) in [5.41, 5.74) is 0. The van der Waals surface area contributed by atoms with E-state index in [1.165, 1.54) is 13.8 Å². The second-order valence-corrected chi connectivity index (χ2v) is 6.64. The van der Waals surface area contributed by atoms with Gasteiger partial charge in [-0.25, -0.2) is 0 Å². The molecule has 13 heavy (non-hydrogen) atoms. The zero-order valence-corrected chi connectivity index (χ0v) is 10.7. The maximum atomic E-state index is 10.8. The Bertz CT molecular complexity index is 220. The lowest BCUT2D eigenvalue weighted by Gasteiger charge is -2.21. The molecule has 2 atom stereocenters. The Kier molecular flexibility index (Phi) is 6.11. The van der Waals surface area contributed by atoms with Gasteiger partial charge in [0.15, 0.2) is 5.12 Å². The van der Waals surface area contributed by atoms with Crippen molar-refractivity contribution in [1.29, 1.82) is 0 Å². The van der Waals surface area contributed by atoms with Gasteiger partial charge in [-0.3, -0.25) is 9.59 Å². The first-order chi connectivity index (χ1) is 5.78. The Morgan fingerprint density at radius 1 is 1.46 bits per heavy atom. The predicted octanol–water partition coefficient (Wildman–Crippen LogP) is 3.24. The fourth-order valence-electron chi connectivity index (χ4n) is 0.290. The van der Waals surface area contributed by atoms with Crippen LogP contribution in [0.4, 0.5) is 0 Å². The fraction of sp³-hybridized carbons (Fsp3) is 0.667. The summed E-state index contributed by atoms with van der Waals surface area (Å²) in [6.45, 7) is 2.81. The summed E-state index contributed by atoms with van der Waals surface area (Å²) in [4.78, 5) is 20.0. The Morgan fingerprint density at radius 2 is 1.92 bits per heavy atom. The van der Waals surface area contributed by atoms with E-state index < -0.39 is 14.8 Å². The molecule has 0 aromatic rings. The smallest absolute Gasteiger partial charge is 0.244 e. The van der Waals surface area contributed by atoms with Crippen LogP contribution in [-0.4, -0.2) is 19.9 Å². The molecule has 0 spiro atoms. The molecule has 2 unspecified atom stereocenters. The zero-order valence-electron chi connectivity index (χ0n) is 6.84. The average molecular weight is 282 g/mol. The molecule has 0 bridgehead atoms. The molecule has 0 heterocycles. The molecule has 2 nitrogen and oxygen atoms in total. The highest BCUT2D eigenvalue weighted by molar-refractivity contribution is 8.82. The average Bonchev–Trinajstić information content (AvgIpc) is 1.99. The van der Waals surface area contributed by atoms with Gasteiger partial charge in [-0.05, 0) is 29.3 Å². The van der Waals surface area contributed by atoms with E-state index in [2.05, 4.69) is 0 Å². The van der Waals surface area contributed by atoms with Gasteiger partial charge in [0.25, 0.3) is 0 Å². The Labute approximate surface area is 99.4 Å².